The highest BCUT2D eigenvalue weighted by molar-refractivity contribution is 5.61. The summed E-state index contributed by atoms with van der Waals surface area (Å²) < 4.78 is 6.37. The van der Waals surface area contributed by atoms with E-state index in [9.17, 15) is 15.0 Å². The van der Waals surface area contributed by atoms with Crippen molar-refractivity contribution >= 4 is 11.9 Å². The van der Waals surface area contributed by atoms with Crippen LogP contribution in [0, 0.1) is 11.3 Å². The number of nitriles is 1. The van der Waals surface area contributed by atoms with Crippen LogP contribution in [-0.2, 0) is 4.74 Å². The number of rotatable bonds is 5. The molecule has 0 aliphatic carbocycles. The summed E-state index contributed by atoms with van der Waals surface area (Å²) in [5.74, 6) is 0.0132. The highest BCUT2D eigenvalue weighted by Crippen LogP contribution is 2.28. The summed E-state index contributed by atoms with van der Waals surface area (Å²) in [6.45, 7) is 1.32. The fraction of sp³-hybridized carbons (Fsp3) is 0.533. The maximum atomic E-state index is 12.1. The fourth-order valence-electron chi connectivity index (χ4n) is 2.49. The molecule has 1 aliphatic heterocycles. The van der Waals surface area contributed by atoms with Crippen LogP contribution in [0.25, 0.3) is 6.08 Å². The molecule has 1 aromatic heterocycles. The van der Waals surface area contributed by atoms with Gasteiger partial charge in [0.1, 0.15) is 24.1 Å². The number of aliphatic hydroxyl groups excluding tert-OH is 3. The average molecular weight is 336 g/mol. The summed E-state index contributed by atoms with van der Waals surface area (Å²) in [6.07, 6.45) is -0.914. The molecule has 0 spiro atoms. The third-order valence-corrected chi connectivity index (χ3v) is 3.84. The van der Waals surface area contributed by atoms with Gasteiger partial charge >= 0.3 is 5.69 Å². The molecule has 0 saturated carbocycles. The van der Waals surface area contributed by atoms with Crippen molar-refractivity contribution in [2.75, 3.05) is 12.3 Å². The van der Waals surface area contributed by atoms with Gasteiger partial charge < -0.3 is 25.8 Å². The van der Waals surface area contributed by atoms with Gasteiger partial charge in [0.2, 0.25) is 0 Å². The number of ether oxygens (including phenoxy) is 1. The van der Waals surface area contributed by atoms with Gasteiger partial charge in [-0.1, -0.05) is 11.6 Å². The van der Waals surface area contributed by atoms with Gasteiger partial charge in [-0.05, 0) is 13.3 Å². The van der Waals surface area contributed by atoms with Crippen molar-refractivity contribution in [2.45, 2.75) is 44.3 Å². The first kappa shape index (κ1) is 18.1. The molecular formula is C15H20N4O5. The van der Waals surface area contributed by atoms with Crippen LogP contribution in [0.3, 0.4) is 0 Å². The standard InChI is InChI=1S/C15H20N4O5/c1-8(3-2-4-16)5-9-6-19(15(23)18-13(9)17)14-12(22)11(21)10(7-20)24-14/h5-6,10-12,14,20-22H,2-3,7H2,1H3,(H2,17,18,23)/b8-5+/t10-,11-,12-,14-/m1/s1. The summed E-state index contributed by atoms with van der Waals surface area (Å²) in [5.41, 5.74) is 6.32. The first-order valence-corrected chi connectivity index (χ1v) is 7.44. The molecule has 2 heterocycles. The van der Waals surface area contributed by atoms with Gasteiger partial charge in [-0.3, -0.25) is 4.57 Å². The van der Waals surface area contributed by atoms with Gasteiger partial charge in [-0.25, -0.2) is 4.79 Å². The summed E-state index contributed by atoms with van der Waals surface area (Å²) in [5, 5.41) is 37.6. The van der Waals surface area contributed by atoms with Crippen molar-refractivity contribution in [1.82, 2.24) is 9.55 Å². The van der Waals surface area contributed by atoms with E-state index in [1.165, 1.54) is 6.20 Å². The number of anilines is 1. The zero-order chi connectivity index (χ0) is 17.9. The first-order chi connectivity index (χ1) is 11.4. The van der Waals surface area contributed by atoms with Crippen molar-refractivity contribution in [2.24, 2.45) is 0 Å². The second kappa shape index (κ2) is 7.55. The van der Waals surface area contributed by atoms with Crippen LogP contribution in [0.5, 0.6) is 0 Å². The molecule has 1 fully saturated rings. The molecule has 5 N–H and O–H groups in total. The molecule has 0 unspecified atom stereocenters. The van der Waals surface area contributed by atoms with Crippen LogP contribution in [-0.4, -0.2) is 49.8 Å². The monoisotopic (exact) mass is 336 g/mol. The topological polar surface area (TPSA) is 155 Å². The van der Waals surface area contributed by atoms with Gasteiger partial charge in [0.05, 0.1) is 12.7 Å². The van der Waals surface area contributed by atoms with Crippen molar-refractivity contribution in [3.8, 4) is 6.07 Å². The Balaban J connectivity index is 2.37. The van der Waals surface area contributed by atoms with Crippen LogP contribution in [0.2, 0.25) is 0 Å². The van der Waals surface area contributed by atoms with Crippen LogP contribution >= 0.6 is 0 Å². The molecule has 130 valence electrons. The number of nitrogen functional groups attached to an aromatic ring is 1. The average Bonchev–Trinajstić information content (AvgIpc) is 2.83. The minimum Gasteiger partial charge on any atom is -0.394 e. The number of aliphatic hydroxyl groups is 3. The minimum absolute atomic E-state index is 0.0132. The van der Waals surface area contributed by atoms with E-state index in [2.05, 4.69) is 4.98 Å². The van der Waals surface area contributed by atoms with Crippen LogP contribution in [0.4, 0.5) is 5.82 Å². The van der Waals surface area contributed by atoms with Crippen molar-refractivity contribution in [1.29, 1.82) is 5.26 Å². The van der Waals surface area contributed by atoms with Gasteiger partial charge in [-0.15, -0.1) is 0 Å². The van der Waals surface area contributed by atoms with Crippen molar-refractivity contribution < 1.29 is 20.1 Å². The molecule has 1 aliphatic rings. The summed E-state index contributed by atoms with van der Waals surface area (Å²) >= 11 is 0. The number of nitrogens with two attached hydrogens (primary N) is 1. The van der Waals surface area contributed by atoms with E-state index < -0.39 is 36.8 Å². The molecule has 2 rings (SSSR count). The Labute approximate surface area is 138 Å². The zero-order valence-electron chi connectivity index (χ0n) is 13.2. The van der Waals surface area contributed by atoms with E-state index in [0.717, 1.165) is 10.1 Å². The predicted molar refractivity (Wildman–Crippen MR) is 84.4 cm³/mol. The molecule has 0 radical (unpaired) electrons. The molecular weight excluding hydrogens is 316 g/mol. The maximum Gasteiger partial charge on any atom is 0.351 e. The highest BCUT2D eigenvalue weighted by atomic mass is 16.6. The van der Waals surface area contributed by atoms with Gasteiger partial charge in [-0.2, -0.15) is 10.2 Å². The number of allylic oxidation sites excluding steroid dienone is 1. The molecule has 0 amide bonds. The van der Waals surface area contributed by atoms with E-state index in [1.54, 1.807) is 6.08 Å². The Bertz CT molecular complexity index is 724. The third kappa shape index (κ3) is 3.63. The van der Waals surface area contributed by atoms with Gasteiger partial charge in [0.15, 0.2) is 6.23 Å². The lowest BCUT2D eigenvalue weighted by Crippen LogP contribution is -2.36. The largest absolute Gasteiger partial charge is 0.394 e. The first-order valence-electron chi connectivity index (χ1n) is 7.44. The molecule has 0 aromatic carbocycles. The third-order valence-electron chi connectivity index (χ3n) is 3.84. The predicted octanol–water partition coefficient (Wildman–Crippen LogP) is -0.856. The van der Waals surface area contributed by atoms with Gasteiger partial charge in [0.25, 0.3) is 0 Å². The molecule has 0 bridgehead atoms. The maximum absolute atomic E-state index is 12.1. The number of nitrogens with zero attached hydrogens (tertiary/aromatic N) is 3. The molecule has 1 aromatic rings. The quantitative estimate of drug-likeness (QED) is 0.541. The smallest absolute Gasteiger partial charge is 0.351 e. The van der Waals surface area contributed by atoms with E-state index >= 15 is 0 Å². The zero-order valence-corrected chi connectivity index (χ0v) is 13.2. The van der Waals surface area contributed by atoms with Crippen LogP contribution in [0.15, 0.2) is 16.6 Å². The Kier molecular flexibility index (Phi) is 5.69. The van der Waals surface area contributed by atoms with Crippen molar-refractivity contribution in [3.63, 3.8) is 0 Å². The van der Waals surface area contributed by atoms with Crippen LogP contribution < -0.4 is 11.4 Å². The summed E-state index contributed by atoms with van der Waals surface area (Å²) in [4.78, 5) is 15.8. The highest BCUT2D eigenvalue weighted by Gasteiger charge is 2.43. The molecule has 9 nitrogen and oxygen atoms in total. The Morgan fingerprint density at radius 3 is 2.83 bits per heavy atom. The fourth-order valence-corrected chi connectivity index (χ4v) is 2.49. The second-order valence-corrected chi connectivity index (χ2v) is 5.65. The summed E-state index contributed by atoms with van der Waals surface area (Å²) in [7, 11) is 0. The van der Waals surface area contributed by atoms with E-state index in [4.69, 9.17) is 20.8 Å². The number of hydrogen-bond donors (Lipinski definition) is 4. The molecule has 24 heavy (non-hydrogen) atoms. The van der Waals surface area contributed by atoms with Crippen molar-refractivity contribution in [3.05, 3.63) is 27.8 Å². The van der Waals surface area contributed by atoms with Crippen LogP contribution in [0.1, 0.15) is 31.6 Å². The molecule has 4 atom stereocenters. The molecule has 1 saturated heterocycles. The minimum atomic E-state index is -1.39. The lowest BCUT2D eigenvalue weighted by molar-refractivity contribution is -0.0549. The molecule has 9 heteroatoms. The Hall–Kier alpha value is -2.25. The van der Waals surface area contributed by atoms with E-state index in [0.29, 0.717) is 18.4 Å². The number of hydrogen-bond acceptors (Lipinski definition) is 8. The van der Waals surface area contributed by atoms with E-state index in [1.807, 2.05) is 13.0 Å². The SMILES string of the molecule is C/C(=C\c1cn([C@@H]2O[C@H](CO)[C@@H](O)[C@H]2O)c(=O)nc1N)CCC#N. The van der Waals surface area contributed by atoms with Gasteiger partial charge in [0, 0.05) is 18.2 Å². The summed E-state index contributed by atoms with van der Waals surface area (Å²) in [6, 6.07) is 2.04. The normalized spacial score (nSPS) is 27.2. The lowest BCUT2D eigenvalue weighted by atomic mass is 10.1. The Morgan fingerprint density at radius 2 is 2.25 bits per heavy atom. The van der Waals surface area contributed by atoms with E-state index in [-0.39, 0.29) is 5.82 Å². The number of aromatic nitrogens is 2. The Morgan fingerprint density at radius 1 is 1.54 bits per heavy atom. The lowest BCUT2D eigenvalue weighted by Gasteiger charge is -2.18. The second-order valence-electron chi connectivity index (χ2n) is 5.65.